The van der Waals surface area contributed by atoms with E-state index in [9.17, 15) is 9.35 Å². The van der Waals surface area contributed by atoms with Crippen LogP contribution in [0.5, 0.6) is 0 Å². The number of urea groups is 1. The molecule has 3 aliphatic carbocycles. The van der Waals surface area contributed by atoms with Crippen molar-refractivity contribution in [3.63, 3.8) is 0 Å². The number of benzene rings is 1. The van der Waals surface area contributed by atoms with Crippen LogP contribution in [0.2, 0.25) is 0 Å². The van der Waals surface area contributed by atoms with Gasteiger partial charge in [-0.1, -0.05) is 18.9 Å². The monoisotopic (exact) mass is 387 g/mol. The maximum Gasteiger partial charge on any atom is 0.360 e. The first-order chi connectivity index (χ1) is 13.2. The summed E-state index contributed by atoms with van der Waals surface area (Å²) in [4.78, 5) is 15.0. The van der Waals surface area contributed by atoms with Crippen LogP contribution in [0.15, 0.2) is 6.07 Å². The van der Waals surface area contributed by atoms with Crippen LogP contribution < -0.4 is 10.0 Å². The number of rotatable bonds is 4. The quantitative estimate of drug-likeness (QED) is 0.780. The van der Waals surface area contributed by atoms with Gasteiger partial charge in [0, 0.05) is 11.7 Å². The SMILES string of the molecule is O=C(Nc1c2c(cc3c1CCC3)CCC2)N[S+]([O-])C1CN(C2CCCC2)C1. The van der Waals surface area contributed by atoms with E-state index < -0.39 is 11.4 Å². The smallest absolute Gasteiger partial charge is 0.360 e. The molecular weight excluding hydrogens is 358 g/mol. The van der Waals surface area contributed by atoms with Crippen LogP contribution in [-0.4, -0.2) is 39.9 Å². The Morgan fingerprint density at radius 2 is 1.63 bits per heavy atom. The molecule has 27 heavy (non-hydrogen) atoms. The molecule has 1 atom stereocenters. The van der Waals surface area contributed by atoms with Crippen LogP contribution in [0.3, 0.4) is 0 Å². The zero-order valence-corrected chi connectivity index (χ0v) is 16.7. The van der Waals surface area contributed by atoms with Crippen LogP contribution in [0.1, 0.15) is 60.8 Å². The first kappa shape index (κ1) is 17.8. The topological polar surface area (TPSA) is 67.4 Å². The average Bonchev–Trinajstić information content (AvgIpc) is 3.34. The minimum absolute atomic E-state index is 0.0727. The number of anilines is 1. The molecule has 1 aliphatic heterocycles. The summed E-state index contributed by atoms with van der Waals surface area (Å²) >= 11 is -1.30. The van der Waals surface area contributed by atoms with E-state index in [0.717, 1.165) is 44.5 Å². The third kappa shape index (κ3) is 3.36. The zero-order chi connectivity index (χ0) is 18.4. The number of likely N-dealkylation sites (tertiary alicyclic amines) is 1. The van der Waals surface area contributed by atoms with Crippen molar-refractivity contribution in [3.8, 4) is 0 Å². The fourth-order valence-corrected chi connectivity index (χ4v) is 6.51. The minimum Gasteiger partial charge on any atom is -0.593 e. The molecule has 1 aromatic rings. The first-order valence-electron chi connectivity index (χ1n) is 10.6. The molecule has 1 saturated carbocycles. The number of fused-ring (bicyclic) bond motifs is 2. The number of carbonyl (C=O) groups is 1. The second-order valence-electron chi connectivity index (χ2n) is 8.60. The Balaban J connectivity index is 1.21. The third-order valence-corrected chi connectivity index (χ3v) is 8.22. The molecule has 0 spiro atoms. The molecule has 4 aliphatic rings. The first-order valence-corrected chi connectivity index (χ1v) is 11.8. The number of nitrogens with zero attached hydrogens (tertiary/aromatic N) is 1. The second kappa shape index (κ2) is 7.30. The molecule has 1 saturated heterocycles. The van der Waals surface area contributed by atoms with E-state index >= 15 is 0 Å². The van der Waals surface area contributed by atoms with Gasteiger partial charge in [0.05, 0.1) is 24.5 Å². The van der Waals surface area contributed by atoms with E-state index in [4.69, 9.17) is 0 Å². The summed E-state index contributed by atoms with van der Waals surface area (Å²) in [6, 6.07) is 2.74. The maximum atomic E-state index is 12.6. The van der Waals surface area contributed by atoms with Gasteiger partial charge in [-0.2, -0.15) is 4.72 Å². The highest BCUT2D eigenvalue weighted by molar-refractivity contribution is 7.90. The molecule has 1 unspecified atom stereocenters. The molecule has 2 N–H and O–H groups in total. The molecule has 0 bridgehead atoms. The molecule has 1 heterocycles. The summed E-state index contributed by atoms with van der Waals surface area (Å²) in [5.41, 5.74) is 6.45. The van der Waals surface area contributed by atoms with Crippen LogP contribution in [-0.2, 0) is 37.0 Å². The van der Waals surface area contributed by atoms with Crippen molar-refractivity contribution < 1.29 is 9.35 Å². The third-order valence-electron chi connectivity index (χ3n) is 6.92. The van der Waals surface area contributed by atoms with Gasteiger partial charge in [-0.05, 0) is 73.6 Å². The summed E-state index contributed by atoms with van der Waals surface area (Å²) < 4.78 is 15.3. The van der Waals surface area contributed by atoms with Crippen molar-refractivity contribution in [3.05, 3.63) is 28.3 Å². The summed E-state index contributed by atoms with van der Waals surface area (Å²) in [5, 5.41) is 3.16. The van der Waals surface area contributed by atoms with Crippen LogP contribution >= 0.6 is 0 Å². The Bertz CT molecular complexity index is 709. The standard InChI is InChI=1S/C21H29N3O2S/c25-21(23-27(26)17-12-24(13-17)16-7-1-2-8-16)22-20-18-9-3-5-14(18)11-15-6-4-10-19(15)20/h11,16-17H,1-10,12-13H2,(H2,22,23,25). The zero-order valence-electron chi connectivity index (χ0n) is 15.9. The Kier molecular flexibility index (Phi) is 4.82. The van der Waals surface area contributed by atoms with Crippen molar-refractivity contribution in [2.75, 3.05) is 18.4 Å². The molecule has 0 radical (unpaired) electrons. The van der Waals surface area contributed by atoms with E-state index in [1.54, 1.807) is 0 Å². The summed E-state index contributed by atoms with van der Waals surface area (Å²) in [7, 11) is 0. The largest absolute Gasteiger partial charge is 0.593 e. The van der Waals surface area contributed by atoms with Gasteiger partial charge in [0.1, 0.15) is 0 Å². The highest BCUT2D eigenvalue weighted by Gasteiger charge is 2.41. The summed E-state index contributed by atoms with van der Waals surface area (Å²) in [6.07, 6.45) is 11.8. The molecule has 5 rings (SSSR count). The number of hydrogen-bond acceptors (Lipinski definition) is 3. The van der Waals surface area contributed by atoms with Crippen molar-refractivity contribution in [2.45, 2.75) is 75.5 Å². The molecule has 6 heteroatoms. The summed E-state index contributed by atoms with van der Waals surface area (Å²) in [6.45, 7) is 1.71. The van der Waals surface area contributed by atoms with E-state index in [-0.39, 0.29) is 11.3 Å². The Hall–Kier alpha value is -1.24. The number of carbonyl (C=O) groups excluding carboxylic acids is 1. The fraction of sp³-hybridized carbons (Fsp3) is 0.667. The van der Waals surface area contributed by atoms with Gasteiger partial charge in [0.25, 0.3) is 0 Å². The van der Waals surface area contributed by atoms with Gasteiger partial charge in [0.15, 0.2) is 5.25 Å². The number of amides is 2. The van der Waals surface area contributed by atoms with Gasteiger partial charge < -0.3 is 9.87 Å². The minimum atomic E-state index is -1.30. The Labute approximate surface area is 164 Å². The van der Waals surface area contributed by atoms with E-state index in [2.05, 4.69) is 21.0 Å². The fourth-order valence-electron chi connectivity index (χ4n) is 5.45. The molecule has 2 fully saturated rings. The molecule has 1 aromatic carbocycles. The predicted octanol–water partition coefficient (Wildman–Crippen LogP) is 3.08. The lowest BCUT2D eigenvalue weighted by Gasteiger charge is -2.41. The van der Waals surface area contributed by atoms with Gasteiger partial charge in [-0.3, -0.25) is 4.90 Å². The molecule has 5 nitrogen and oxygen atoms in total. The van der Waals surface area contributed by atoms with Crippen molar-refractivity contribution in [2.24, 2.45) is 0 Å². The van der Waals surface area contributed by atoms with E-state index in [0.29, 0.717) is 6.04 Å². The van der Waals surface area contributed by atoms with Gasteiger partial charge in [-0.15, -0.1) is 0 Å². The predicted molar refractivity (Wildman–Crippen MR) is 108 cm³/mol. The number of aryl methyl sites for hydroxylation is 2. The van der Waals surface area contributed by atoms with Crippen molar-refractivity contribution in [1.29, 1.82) is 0 Å². The van der Waals surface area contributed by atoms with Crippen LogP contribution in [0.25, 0.3) is 0 Å². The van der Waals surface area contributed by atoms with Gasteiger partial charge in [0.2, 0.25) is 0 Å². The highest BCUT2D eigenvalue weighted by atomic mass is 32.2. The van der Waals surface area contributed by atoms with Gasteiger partial charge >= 0.3 is 6.03 Å². The van der Waals surface area contributed by atoms with Gasteiger partial charge in [-0.25, -0.2) is 4.79 Å². The number of nitrogens with one attached hydrogen (secondary N) is 2. The lowest BCUT2D eigenvalue weighted by atomic mass is 9.99. The lowest BCUT2D eigenvalue weighted by molar-refractivity contribution is 0.124. The lowest BCUT2D eigenvalue weighted by Crippen LogP contribution is -2.60. The molecule has 0 aromatic heterocycles. The molecular formula is C21H29N3O2S. The average molecular weight is 388 g/mol. The Morgan fingerprint density at radius 1 is 1.00 bits per heavy atom. The van der Waals surface area contributed by atoms with E-state index in [1.807, 2.05) is 0 Å². The molecule has 146 valence electrons. The highest BCUT2D eigenvalue weighted by Crippen LogP contribution is 2.38. The van der Waals surface area contributed by atoms with Crippen molar-refractivity contribution >= 4 is 23.1 Å². The normalized spacial score (nSPS) is 23.7. The van der Waals surface area contributed by atoms with Crippen LogP contribution in [0.4, 0.5) is 10.5 Å². The Morgan fingerprint density at radius 3 is 2.26 bits per heavy atom. The maximum absolute atomic E-state index is 12.6. The second-order valence-corrected chi connectivity index (χ2v) is 10.1. The molecule has 2 amide bonds. The van der Waals surface area contributed by atoms with Crippen molar-refractivity contribution in [1.82, 2.24) is 9.62 Å². The van der Waals surface area contributed by atoms with Crippen LogP contribution in [0, 0.1) is 0 Å². The number of hydrogen-bond donors (Lipinski definition) is 2. The summed E-state index contributed by atoms with van der Waals surface area (Å²) in [5.74, 6) is 0. The van der Waals surface area contributed by atoms with E-state index in [1.165, 1.54) is 60.8 Å².